The molecular formula is C8H15ClN4O. The highest BCUT2D eigenvalue weighted by molar-refractivity contribution is 5.85. The summed E-state index contributed by atoms with van der Waals surface area (Å²) in [6, 6.07) is 0.142. The van der Waals surface area contributed by atoms with E-state index in [0.29, 0.717) is 0 Å². The minimum absolute atomic E-state index is 0. The quantitative estimate of drug-likeness (QED) is 0.413. The molecule has 2 fully saturated rings. The van der Waals surface area contributed by atoms with Crippen LogP contribution in [0.25, 0.3) is 10.4 Å². The zero-order valence-corrected chi connectivity index (χ0v) is 8.79. The molecule has 1 atom stereocenters. The van der Waals surface area contributed by atoms with E-state index >= 15 is 0 Å². The van der Waals surface area contributed by atoms with E-state index in [4.69, 9.17) is 10.3 Å². The van der Waals surface area contributed by atoms with Gasteiger partial charge in [-0.3, -0.25) is 0 Å². The van der Waals surface area contributed by atoms with Crippen LogP contribution in [0.5, 0.6) is 0 Å². The van der Waals surface area contributed by atoms with E-state index in [9.17, 15) is 0 Å². The Balaban J connectivity index is 0.000000980. The van der Waals surface area contributed by atoms with Crippen LogP contribution in [0.1, 0.15) is 19.3 Å². The zero-order chi connectivity index (χ0) is 9.15. The SMILES string of the molecule is Cl.[N-]=[N+]=NC1CNC2(CCOCC2)C1. The van der Waals surface area contributed by atoms with E-state index in [-0.39, 0.29) is 24.0 Å². The number of nitrogens with zero attached hydrogens (tertiary/aromatic N) is 3. The van der Waals surface area contributed by atoms with Crippen molar-refractivity contribution in [3.63, 3.8) is 0 Å². The molecule has 0 aromatic carbocycles. The van der Waals surface area contributed by atoms with Gasteiger partial charge in [-0.15, -0.1) is 12.4 Å². The zero-order valence-electron chi connectivity index (χ0n) is 7.98. The summed E-state index contributed by atoms with van der Waals surface area (Å²) in [4.78, 5) is 2.85. The lowest BCUT2D eigenvalue weighted by Gasteiger charge is -2.33. The van der Waals surface area contributed by atoms with Gasteiger partial charge in [0.2, 0.25) is 0 Å². The average Bonchev–Trinajstić information content (AvgIpc) is 2.51. The Hall–Kier alpha value is -0.480. The van der Waals surface area contributed by atoms with Gasteiger partial charge >= 0.3 is 0 Å². The molecule has 0 aromatic rings. The molecule has 1 spiro atoms. The molecule has 1 unspecified atom stereocenters. The van der Waals surface area contributed by atoms with Crippen LogP contribution in [0, 0.1) is 0 Å². The maximum atomic E-state index is 8.32. The highest BCUT2D eigenvalue weighted by atomic mass is 35.5. The Kier molecular flexibility index (Phi) is 4.01. The van der Waals surface area contributed by atoms with Crippen LogP contribution in [-0.2, 0) is 4.74 Å². The van der Waals surface area contributed by atoms with Crippen molar-refractivity contribution in [1.82, 2.24) is 5.32 Å². The number of azide groups is 1. The molecule has 2 aliphatic heterocycles. The lowest BCUT2D eigenvalue weighted by atomic mass is 9.88. The molecule has 0 aliphatic carbocycles. The second kappa shape index (κ2) is 4.84. The topological polar surface area (TPSA) is 70.0 Å². The fourth-order valence-electron chi connectivity index (χ4n) is 2.23. The van der Waals surface area contributed by atoms with Crippen LogP contribution in [0.4, 0.5) is 0 Å². The van der Waals surface area contributed by atoms with Crippen molar-refractivity contribution in [2.45, 2.75) is 30.8 Å². The molecule has 2 saturated heterocycles. The second-order valence-electron chi connectivity index (χ2n) is 3.84. The molecule has 2 rings (SSSR count). The van der Waals surface area contributed by atoms with Gasteiger partial charge in [0.25, 0.3) is 0 Å². The highest BCUT2D eigenvalue weighted by Crippen LogP contribution is 2.31. The summed E-state index contributed by atoms with van der Waals surface area (Å²) < 4.78 is 5.31. The van der Waals surface area contributed by atoms with E-state index in [2.05, 4.69) is 15.3 Å². The average molecular weight is 219 g/mol. The number of ether oxygens (including phenoxy) is 1. The van der Waals surface area contributed by atoms with Gasteiger partial charge in [-0.05, 0) is 24.8 Å². The van der Waals surface area contributed by atoms with Crippen LogP contribution in [-0.4, -0.2) is 31.3 Å². The Labute approximate surface area is 89.2 Å². The normalized spacial score (nSPS) is 29.3. The first-order valence-electron chi connectivity index (χ1n) is 4.72. The number of halogens is 1. The third-order valence-corrected chi connectivity index (χ3v) is 3.00. The van der Waals surface area contributed by atoms with Crippen molar-refractivity contribution in [2.24, 2.45) is 5.11 Å². The van der Waals surface area contributed by atoms with Gasteiger partial charge < -0.3 is 10.1 Å². The standard InChI is InChI=1S/C8H14N4O.ClH/c9-12-11-7-5-8(10-6-7)1-3-13-4-2-8;/h7,10H,1-6H2;1H. The second-order valence-corrected chi connectivity index (χ2v) is 3.84. The molecule has 0 amide bonds. The van der Waals surface area contributed by atoms with Gasteiger partial charge in [-0.1, -0.05) is 5.11 Å². The summed E-state index contributed by atoms with van der Waals surface area (Å²) >= 11 is 0. The molecule has 14 heavy (non-hydrogen) atoms. The first kappa shape index (κ1) is 11.6. The van der Waals surface area contributed by atoms with Crippen molar-refractivity contribution in [3.8, 4) is 0 Å². The highest BCUT2D eigenvalue weighted by Gasteiger charge is 2.39. The van der Waals surface area contributed by atoms with Gasteiger partial charge in [0.05, 0.1) is 6.04 Å². The molecule has 6 heteroatoms. The Morgan fingerprint density at radius 1 is 1.43 bits per heavy atom. The molecule has 0 radical (unpaired) electrons. The van der Waals surface area contributed by atoms with Crippen molar-refractivity contribution in [2.75, 3.05) is 19.8 Å². The van der Waals surface area contributed by atoms with Gasteiger partial charge in [0.1, 0.15) is 0 Å². The number of hydrogen-bond acceptors (Lipinski definition) is 3. The molecule has 0 aromatic heterocycles. The summed E-state index contributed by atoms with van der Waals surface area (Å²) in [5, 5.41) is 7.21. The van der Waals surface area contributed by atoms with Crippen LogP contribution in [0.15, 0.2) is 5.11 Å². The first-order chi connectivity index (χ1) is 6.35. The number of nitrogens with one attached hydrogen (secondary N) is 1. The molecule has 0 bridgehead atoms. The van der Waals surface area contributed by atoms with Crippen molar-refractivity contribution < 1.29 is 4.74 Å². The largest absolute Gasteiger partial charge is 0.381 e. The number of hydrogen-bond donors (Lipinski definition) is 1. The fourth-order valence-corrected chi connectivity index (χ4v) is 2.23. The summed E-state index contributed by atoms with van der Waals surface area (Å²) in [5.74, 6) is 0. The van der Waals surface area contributed by atoms with E-state index < -0.39 is 0 Å². The summed E-state index contributed by atoms with van der Waals surface area (Å²) in [6.07, 6.45) is 3.06. The summed E-state index contributed by atoms with van der Waals surface area (Å²) in [7, 11) is 0. The van der Waals surface area contributed by atoms with E-state index in [0.717, 1.165) is 39.0 Å². The molecule has 1 N–H and O–H groups in total. The molecule has 5 nitrogen and oxygen atoms in total. The monoisotopic (exact) mass is 218 g/mol. The first-order valence-corrected chi connectivity index (χ1v) is 4.72. The van der Waals surface area contributed by atoms with Gasteiger partial charge in [0.15, 0.2) is 0 Å². The third-order valence-electron chi connectivity index (χ3n) is 3.00. The summed E-state index contributed by atoms with van der Waals surface area (Å²) in [6.45, 7) is 2.48. The maximum absolute atomic E-state index is 8.32. The van der Waals surface area contributed by atoms with E-state index in [1.165, 1.54) is 0 Å². The van der Waals surface area contributed by atoms with Gasteiger partial charge in [-0.2, -0.15) is 0 Å². The minimum atomic E-state index is 0. The fraction of sp³-hybridized carbons (Fsp3) is 1.00. The van der Waals surface area contributed by atoms with Crippen molar-refractivity contribution in [1.29, 1.82) is 0 Å². The van der Waals surface area contributed by atoms with Gasteiger partial charge in [0, 0.05) is 30.2 Å². The van der Waals surface area contributed by atoms with Crippen molar-refractivity contribution >= 4 is 12.4 Å². The molecular weight excluding hydrogens is 204 g/mol. The van der Waals surface area contributed by atoms with Crippen LogP contribution >= 0.6 is 12.4 Å². The third kappa shape index (κ3) is 2.30. The molecule has 0 saturated carbocycles. The Morgan fingerprint density at radius 3 is 2.79 bits per heavy atom. The predicted octanol–water partition coefficient (Wildman–Crippen LogP) is 1.63. The lowest BCUT2D eigenvalue weighted by molar-refractivity contribution is 0.0454. The van der Waals surface area contributed by atoms with E-state index in [1.54, 1.807) is 0 Å². The number of rotatable bonds is 1. The smallest absolute Gasteiger partial charge is 0.0516 e. The summed E-state index contributed by atoms with van der Waals surface area (Å²) in [5.41, 5.74) is 8.52. The Morgan fingerprint density at radius 2 is 2.14 bits per heavy atom. The van der Waals surface area contributed by atoms with Crippen LogP contribution in [0.3, 0.4) is 0 Å². The molecule has 2 aliphatic rings. The van der Waals surface area contributed by atoms with Crippen LogP contribution in [0.2, 0.25) is 0 Å². The van der Waals surface area contributed by atoms with E-state index in [1.807, 2.05) is 0 Å². The van der Waals surface area contributed by atoms with Gasteiger partial charge in [-0.25, -0.2) is 0 Å². The molecule has 2 heterocycles. The minimum Gasteiger partial charge on any atom is -0.381 e. The molecule has 80 valence electrons. The van der Waals surface area contributed by atoms with Crippen molar-refractivity contribution in [3.05, 3.63) is 10.4 Å². The Bertz CT molecular complexity index is 235. The van der Waals surface area contributed by atoms with Crippen LogP contribution < -0.4 is 5.32 Å². The lowest BCUT2D eigenvalue weighted by Crippen LogP contribution is -2.44. The maximum Gasteiger partial charge on any atom is 0.0516 e. The predicted molar refractivity (Wildman–Crippen MR) is 55.6 cm³/mol.